The lowest BCUT2D eigenvalue weighted by Crippen LogP contribution is -2.35. The Labute approximate surface area is 184 Å². The molecule has 30 heavy (non-hydrogen) atoms. The molecule has 3 fully saturated rings. The lowest BCUT2D eigenvalue weighted by atomic mass is 9.61. The topological polar surface area (TPSA) is 60.7 Å². The predicted octanol–water partition coefficient (Wildman–Crippen LogP) is 5.56. The average Bonchev–Trinajstić information content (AvgIpc) is 3.00. The van der Waals surface area contributed by atoms with Gasteiger partial charge in [0.2, 0.25) is 0 Å². The summed E-state index contributed by atoms with van der Waals surface area (Å²) in [5.74, 6) is 2.00. The van der Waals surface area contributed by atoms with Crippen molar-refractivity contribution >= 4 is 0 Å². The van der Waals surface area contributed by atoms with Crippen LogP contribution in [0.25, 0.3) is 0 Å². The van der Waals surface area contributed by atoms with Crippen molar-refractivity contribution < 1.29 is 15.3 Å². The molecule has 3 N–H and O–H groups in total. The summed E-state index contributed by atoms with van der Waals surface area (Å²) in [6.45, 7) is 10.7. The van der Waals surface area contributed by atoms with Crippen LogP contribution in [0.1, 0.15) is 86.0 Å². The van der Waals surface area contributed by atoms with E-state index in [4.69, 9.17) is 0 Å². The largest absolute Gasteiger partial charge is 0.393 e. The van der Waals surface area contributed by atoms with E-state index >= 15 is 0 Å². The standard InChI is InChI=1S/C27H44O3/c1-18(8-9-19(2)26(3,4)30)24-12-13-25-21(7-6-14-27(24,25)5)11-10-20-15-22(28)17-23(29)16-20/h8-11,18-19,22-25,28-30H,6-7,12-17H2,1-5H3/b9-8+,20-10?,21-11+/t18-,19+,22-,23?,24?,25+,27?/m1/s1. The zero-order valence-electron chi connectivity index (χ0n) is 19.8. The monoisotopic (exact) mass is 416 g/mol. The van der Waals surface area contributed by atoms with Gasteiger partial charge in [0, 0.05) is 5.92 Å². The summed E-state index contributed by atoms with van der Waals surface area (Å²) < 4.78 is 0. The van der Waals surface area contributed by atoms with Crippen LogP contribution in [-0.2, 0) is 0 Å². The highest BCUT2D eigenvalue weighted by Crippen LogP contribution is 2.59. The van der Waals surface area contributed by atoms with E-state index in [2.05, 4.69) is 45.1 Å². The molecule has 3 nitrogen and oxygen atoms in total. The second kappa shape index (κ2) is 9.30. The number of hydrogen-bond donors (Lipinski definition) is 3. The number of aliphatic hydroxyl groups is 3. The Bertz CT molecular complexity index is 671. The van der Waals surface area contributed by atoms with Crippen molar-refractivity contribution in [1.82, 2.24) is 0 Å². The number of aliphatic hydroxyl groups excluding tert-OH is 2. The Hall–Kier alpha value is -0.900. The molecular formula is C27H44O3. The Morgan fingerprint density at radius 3 is 2.33 bits per heavy atom. The van der Waals surface area contributed by atoms with E-state index in [1.165, 1.54) is 37.7 Å². The molecule has 3 aliphatic carbocycles. The first-order valence-electron chi connectivity index (χ1n) is 12.2. The van der Waals surface area contributed by atoms with Crippen LogP contribution < -0.4 is 0 Å². The van der Waals surface area contributed by atoms with Crippen molar-refractivity contribution in [3.8, 4) is 0 Å². The fraction of sp³-hybridized carbons (Fsp3) is 0.778. The predicted molar refractivity (Wildman–Crippen MR) is 124 cm³/mol. The van der Waals surface area contributed by atoms with E-state index in [-0.39, 0.29) is 5.92 Å². The summed E-state index contributed by atoms with van der Waals surface area (Å²) in [5, 5.41) is 30.2. The molecule has 3 aliphatic rings. The smallest absolute Gasteiger partial charge is 0.0651 e. The van der Waals surface area contributed by atoms with Gasteiger partial charge in [-0.2, -0.15) is 0 Å². The second-order valence-corrected chi connectivity index (χ2v) is 11.3. The average molecular weight is 417 g/mol. The molecule has 0 aromatic heterocycles. The molecule has 0 amide bonds. The molecule has 3 rings (SSSR count). The molecule has 0 aromatic carbocycles. The summed E-state index contributed by atoms with van der Waals surface area (Å²) in [5.41, 5.74) is 2.43. The minimum absolute atomic E-state index is 0.152. The molecular weight excluding hydrogens is 372 g/mol. The lowest BCUT2D eigenvalue weighted by molar-refractivity contribution is 0.0436. The first-order valence-corrected chi connectivity index (χ1v) is 12.2. The van der Waals surface area contributed by atoms with E-state index in [9.17, 15) is 15.3 Å². The number of fused-ring (bicyclic) bond motifs is 1. The molecule has 0 aromatic rings. The second-order valence-electron chi connectivity index (χ2n) is 11.3. The molecule has 3 unspecified atom stereocenters. The van der Waals surface area contributed by atoms with Crippen LogP contribution in [0.3, 0.4) is 0 Å². The third kappa shape index (κ3) is 5.29. The minimum atomic E-state index is -0.674. The van der Waals surface area contributed by atoms with Crippen LogP contribution in [0.2, 0.25) is 0 Å². The van der Waals surface area contributed by atoms with Crippen molar-refractivity contribution in [2.45, 2.75) is 104 Å². The van der Waals surface area contributed by atoms with Gasteiger partial charge in [-0.1, -0.05) is 56.2 Å². The molecule has 0 heterocycles. The van der Waals surface area contributed by atoms with E-state index in [1.807, 2.05) is 13.8 Å². The fourth-order valence-corrected chi connectivity index (χ4v) is 6.39. The molecule has 7 atom stereocenters. The summed E-state index contributed by atoms with van der Waals surface area (Å²) >= 11 is 0. The molecule has 3 heteroatoms. The number of rotatable bonds is 5. The van der Waals surface area contributed by atoms with Crippen LogP contribution in [0.4, 0.5) is 0 Å². The van der Waals surface area contributed by atoms with Crippen LogP contribution in [0, 0.1) is 29.1 Å². The SMILES string of the molecule is C[C@H](/C=C/[C@H](C)C(C)(C)O)C1CC[C@H]2/C(=C/C=C3CC(O)C[C@H](O)C3)CCCC12C. The molecule has 170 valence electrons. The molecule has 0 aliphatic heterocycles. The summed E-state index contributed by atoms with van der Waals surface area (Å²) in [6, 6.07) is 0. The Morgan fingerprint density at radius 1 is 1.03 bits per heavy atom. The van der Waals surface area contributed by atoms with Crippen LogP contribution in [-0.4, -0.2) is 33.1 Å². The third-order valence-corrected chi connectivity index (χ3v) is 8.56. The molecule has 0 radical (unpaired) electrons. The van der Waals surface area contributed by atoms with Gasteiger partial charge < -0.3 is 15.3 Å². The van der Waals surface area contributed by atoms with Crippen LogP contribution in [0.15, 0.2) is 35.5 Å². The van der Waals surface area contributed by atoms with Crippen molar-refractivity contribution in [2.75, 3.05) is 0 Å². The Balaban J connectivity index is 1.73. The lowest BCUT2D eigenvalue weighted by Gasteiger charge is -2.44. The molecule has 3 saturated carbocycles. The van der Waals surface area contributed by atoms with Gasteiger partial charge >= 0.3 is 0 Å². The van der Waals surface area contributed by atoms with Gasteiger partial charge in [0.05, 0.1) is 17.8 Å². The molecule has 0 bridgehead atoms. The third-order valence-electron chi connectivity index (χ3n) is 8.56. The van der Waals surface area contributed by atoms with Gasteiger partial charge in [-0.05, 0) is 88.4 Å². The maximum Gasteiger partial charge on any atom is 0.0651 e. The van der Waals surface area contributed by atoms with E-state index < -0.39 is 17.8 Å². The Kier molecular flexibility index (Phi) is 7.37. The van der Waals surface area contributed by atoms with Crippen molar-refractivity contribution in [1.29, 1.82) is 0 Å². The normalized spacial score (nSPS) is 40.1. The van der Waals surface area contributed by atoms with Crippen LogP contribution in [0.5, 0.6) is 0 Å². The number of allylic oxidation sites excluding steroid dienone is 4. The minimum Gasteiger partial charge on any atom is -0.393 e. The number of hydrogen-bond acceptors (Lipinski definition) is 3. The zero-order valence-corrected chi connectivity index (χ0v) is 19.8. The van der Waals surface area contributed by atoms with Crippen molar-refractivity contribution in [3.05, 3.63) is 35.5 Å². The van der Waals surface area contributed by atoms with Gasteiger partial charge in [-0.25, -0.2) is 0 Å². The summed E-state index contributed by atoms with van der Waals surface area (Å²) in [4.78, 5) is 0. The quantitative estimate of drug-likeness (QED) is 0.514. The van der Waals surface area contributed by atoms with Gasteiger partial charge in [0.1, 0.15) is 0 Å². The van der Waals surface area contributed by atoms with Crippen molar-refractivity contribution in [2.24, 2.45) is 29.1 Å². The van der Waals surface area contributed by atoms with E-state index in [1.54, 1.807) is 5.57 Å². The van der Waals surface area contributed by atoms with Gasteiger partial charge in [0.25, 0.3) is 0 Å². The summed E-state index contributed by atoms with van der Waals surface area (Å²) in [7, 11) is 0. The van der Waals surface area contributed by atoms with Gasteiger partial charge in [0.15, 0.2) is 0 Å². The van der Waals surface area contributed by atoms with Crippen molar-refractivity contribution in [3.63, 3.8) is 0 Å². The van der Waals surface area contributed by atoms with Crippen LogP contribution >= 0.6 is 0 Å². The molecule has 0 spiro atoms. The van der Waals surface area contributed by atoms with Gasteiger partial charge in [-0.15, -0.1) is 0 Å². The van der Waals surface area contributed by atoms with E-state index in [0.29, 0.717) is 42.4 Å². The highest BCUT2D eigenvalue weighted by Gasteiger charge is 2.50. The Morgan fingerprint density at radius 2 is 1.70 bits per heavy atom. The fourth-order valence-electron chi connectivity index (χ4n) is 6.39. The maximum absolute atomic E-state index is 10.2. The first-order chi connectivity index (χ1) is 14.0. The maximum atomic E-state index is 10.2. The highest BCUT2D eigenvalue weighted by atomic mass is 16.3. The van der Waals surface area contributed by atoms with Gasteiger partial charge in [-0.3, -0.25) is 0 Å². The molecule has 0 saturated heterocycles. The highest BCUT2D eigenvalue weighted by molar-refractivity contribution is 5.26. The zero-order chi connectivity index (χ0) is 22.1. The first kappa shape index (κ1) is 23.8. The van der Waals surface area contributed by atoms with E-state index in [0.717, 1.165) is 0 Å². The summed E-state index contributed by atoms with van der Waals surface area (Å²) in [6.07, 6.45) is 16.5.